The molecule has 3 rings (SSSR count). The summed E-state index contributed by atoms with van der Waals surface area (Å²) in [5.41, 5.74) is 7.38. The van der Waals surface area contributed by atoms with E-state index < -0.39 is 0 Å². The molecule has 1 heterocycles. The highest BCUT2D eigenvalue weighted by atomic mass is 35.5. The SMILES string of the molecule is Cl.N[C@@H](c1cc2c(cc1Cl)OCO2)C1CCCCC1. The zero-order valence-electron chi connectivity index (χ0n) is 10.7. The minimum Gasteiger partial charge on any atom is -0.454 e. The predicted molar refractivity (Wildman–Crippen MR) is 78.3 cm³/mol. The summed E-state index contributed by atoms with van der Waals surface area (Å²) in [7, 11) is 0. The Kier molecular flexibility index (Phi) is 4.82. The summed E-state index contributed by atoms with van der Waals surface area (Å²) in [6, 6.07) is 3.78. The lowest BCUT2D eigenvalue weighted by atomic mass is 9.81. The fourth-order valence-corrected chi connectivity index (χ4v) is 3.22. The van der Waals surface area contributed by atoms with Crippen LogP contribution in [-0.2, 0) is 0 Å². The molecule has 1 saturated carbocycles. The van der Waals surface area contributed by atoms with Crippen LogP contribution >= 0.6 is 24.0 Å². The number of rotatable bonds is 2. The molecule has 0 unspecified atom stereocenters. The van der Waals surface area contributed by atoms with Gasteiger partial charge in [0.2, 0.25) is 6.79 Å². The van der Waals surface area contributed by atoms with E-state index in [2.05, 4.69) is 0 Å². The monoisotopic (exact) mass is 303 g/mol. The van der Waals surface area contributed by atoms with E-state index in [9.17, 15) is 0 Å². The van der Waals surface area contributed by atoms with Crippen LogP contribution in [0, 0.1) is 5.92 Å². The number of halogens is 2. The van der Waals surface area contributed by atoms with E-state index in [1.807, 2.05) is 12.1 Å². The van der Waals surface area contributed by atoms with Gasteiger partial charge in [-0.1, -0.05) is 30.9 Å². The zero-order chi connectivity index (χ0) is 12.5. The fourth-order valence-electron chi connectivity index (χ4n) is 2.94. The smallest absolute Gasteiger partial charge is 0.231 e. The lowest BCUT2D eigenvalue weighted by molar-refractivity contribution is 0.174. The molecule has 0 amide bonds. The summed E-state index contributed by atoms with van der Waals surface area (Å²) in [4.78, 5) is 0. The van der Waals surface area contributed by atoms with Gasteiger partial charge in [-0.15, -0.1) is 12.4 Å². The summed E-state index contributed by atoms with van der Waals surface area (Å²) in [6.45, 7) is 0.272. The van der Waals surface area contributed by atoms with Gasteiger partial charge in [-0.2, -0.15) is 0 Å². The Labute approximate surface area is 124 Å². The van der Waals surface area contributed by atoms with E-state index in [0.29, 0.717) is 10.9 Å². The highest BCUT2D eigenvalue weighted by Gasteiger charge is 2.26. The van der Waals surface area contributed by atoms with Gasteiger partial charge in [0, 0.05) is 17.1 Å². The zero-order valence-corrected chi connectivity index (χ0v) is 12.3. The average molecular weight is 304 g/mol. The molecule has 1 aliphatic heterocycles. The van der Waals surface area contributed by atoms with Crippen molar-refractivity contribution >= 4 is 24.0 Å². The van der Waals surface area contributed by atoms with Crippen molar-refractivity contribution in [2.75, 3.05) is 6.79 Å². The fraction of sp³-hybridized carbons (Fsp3) is 0.571. The van der Waals surface area contributed by atoms with Crippen LogP contribution in [0.3, 0.4) is 0 Å². The Morgan fingerprint density at radius 3 is 2.42 bits per heavy atom. The maximum Gasteiger partial charge on any atom is 0.231 e. The van der Waals surface area contributed by atoms with E-state index in [4.69, 9.17) is 26.8 Å². The van der Waals surface area contributed by atoms with Crippen molar-refractivity contribution < 1.29 is 9.47 Å². The summed E-state index contributed by atoms with van der Waals surface area (Å²) >= 11 is 6.31. The Morgan fingerprint density at radius 1 is 1.11 bits per heavy atom. The molecule has 3 nitrogen and oxygen atoms in total. The highest BCUT2D eigenvalue weighted by molar-refractivity contribution is 6.31. The molecular formula is C14H19Cl2NO2. The third-order valence-electron chi connectivity index (χ3n) is 4.01. The maximum atomic E-state index is 6.38. The van der Waals surface area contributed by atoms with E-state index in [-0.39, 0.29) is 25.2 Å². The van der Waals surface area contributed by atoms with Gasteiger partial charge in [0.05, 0.1) is 0 Å². The van der Waals surface area contributed by atoms with Crippen LogP contribution < -0.4 is 15.2 Å². The molecule has 2 N–H and O–H groups in total. The van der Waals surface area contributed by atoms with Gasteiger partial charge in [-0.3, -0.25) is 0 Å². The standard InChI is InChI=1S/C14H18ClNO2.ClH/c15-11-7-13-12(17-8-18-13)6-10(11)14(16)9-4-2-1-3-5-9;/h6-7,9,14H,1-5,8,16H2;1H/t14-;/m1./s1. The maximum absolute atomic E-state index is 6.38. The number of hydrogen-bond donors (Lipinski definition) is 1. The molecule has 1 aromatic rings. The molecule has 5 heteroatoms. The summed E-state index contributed by atoms with van der Waals surface area (Å²) in [5.74, 6) is 2.02. The third-order valence-corrected chi connectivity index (χ3v) is 4.34. The van der Waals surface area contributed by atoms with Gasteiger partial charge in [0.15, 0.2) is 11.5 Å². The van der Waals surface area contributed by atoms with E-state index in [1.165, 1.54) is 32.1 Å². The highest BCUT2D eigenvalue weighted by Crippen LogP contribution is 2.42. The molecule has 1 fully saturated rings. The Balaban J connectivity index is 0.00000133. The number of nitrogens with two attached hydrogens (primary N) is 1. The predicted octanol–water partition coefficient (Wildman–Crippen LogP) is 4.07. The molecule has 1 atom stereocenters. The lowest BCUT2D eigenvalue weighted by Crippen LogP contribution is -2.23. The molecule has 106 valence electrons. The first-order valence-corrected chi connectivity index (χ1v) is 6.98. The summed E-state index contributed by atoms with van der Waals surface area (Å²) in [5, 5.41) is 0.692. The van der Waals surface area contributed by atoms with Crippen LogP contribution in [0.4, 0.5) is 0 Å². The third kappa shape index (κ3) is 2.93. The van der Waals surface area contributed by atoms with Crippen molar-refractivity contribution in [3.8, 4) is 11.5 Å². The molecule has 0 bridgehead atoms. The van der Waals surface area contributed by atoms with Crippen LogP contribution in [0.2, 0.25) is 5.02 Å². The van der Waals surface area contributed by atoms with E-state index in [1.54, 1.807) is 0 Å². The van der Waals surface area contributed by atoms with E-state index in [0.717, 1.165) is 17.1 Å². The van der Waals surface area contributed by atoms with Crippen molar-refractivity contribution in [3.05, 3.63) is 22.7 Å². The number of hydrogen-bond acceptors (Lipinski definition) is 3. The molecule has 0 saturated heterocycles. The van der Waals surface area contributed by atoms with Gasteiger partial charge >= 0.3 is 0 Å². The Hall–Kier alpha value is -0.640. The second-order valence-electron chi connectivity index (χ2n) is 5.15. The van der Waals surface area contributed by atoms with Crippen molar-refractivity contribution in [1.29, 1.82) is 0 Å². The van der Waals surface area contributed by atoms with E-state index >= 15 is 0 Å². The second-order valence-corrected chi connectivity index (χ2v) is 5.56. The number of fused-ring (bicyclic) bond motifs is 1. The lowest BCUT2D eigenvalue weighted by Gasteiger charge is -2.28. The molecule has 19 heavy (non-hydrogen) atoms. The Bertz CT molecular complexity index is 447. The van der Waals surface area contributed by atoms with Gasteiger partial charge in [-0.25, -0.2) is 0 Å². The van der Waals surface area contributed by atoms with Gasteiger partial charge in [-0.05, 0) is 30.4 Å². The topological polar surface area (TPSA) is 44.5 Å². The first kappa shape index (κ1) is 14.8. The van der Waals surface area contributed by atoms with Crippen molar-refractivity contribution in [3.63, 3.8) is 0 Å². The molecule has 0 spiro atoms. The van der Waals surface area contributed by atoms with Crippen molar-refractivity contribution in [2.24, 2.45) is 11.7 Å². The molecule has 0 radical (unpaired) electrons. The Morgan fingerprint density at radius 2 is 1.74 bits per heavy atom. The van der Waals surface area contributed by atoms with Crippen molar-refractivity contribution in [2.45, 2.75) is 38.1 Å². The first-order chi connectivity index (χ1) is 8.75. The van der Waals surface area contributed by atoms with Crippen LogP contribution in [0.1, 0.15) is 43.7 Å². The molecular weight excluding hydrogens is 285 g/mol. The normalized spacial score (nSPS) is 19.9. The van der Waals surface area contributed by atoms with Crippen LogP contribution in [-0.4, -0.2) is 6.79 Å². The minimum atomic E-state index is 0. The van der Waals surface area contributed by atoms with Gasteiger partial charge < -0.3 is 15.2 Å². The molecule has 1 aromatic carbocycles. The average Bonchev–Trinajstić information content (AvgIpc) is 2.85. The second kappa shape index (κ2) is 6.21. The molecule has 2 aliphatic rings. The largest absolute Gasteiger partial charge is 0.454 e. The minimum absolute atomic E-state index is 0. The van der Waals surface area contributed by atoms with Crippen LogP contribution in [0.25, 0.3) is 0 Å². The summed E-state index contributed by atoms with van der Waals surface area (Å²) < 4.78 is 10.7. The first-order valence-electron chi connectivity index (χ1n) is 6.60. The molecule has 1 aliphatic carbocycles. The quantitative estimate of drug-likeness (QED) is 0.895. The van der Waals surface area contributed by atoms with Gasteiger partial charge in [0.25, 0.3) is 0 Å². The van der Waals surface area contributed by atoms with Gasteiger partial charge in [0.1, 0.15) is 0 Å². The van der Waals surface area contributed by atoms with Crippen LogP contribution in [0.5, 0.6) is 11.5 Å². The van der Waals surface area contributed by atoms with Crippen molar-refractivity contribution in [1.82, 2.24) is 0 Å². The number of benzene rings is 1. The van der Waals surface area contributed by atoms with Crippen LogP contribution in [0.15, 0.2) is 12.1 Å². The number of ether oxygens (including phenoxy) is 2. The molecule has 0 aromatic heterocycles. The summed E-state index contributed by atoms with van der Waals surface area (Å²) in [6.07, 6.45) is 6.29.